The normalized spacial score (nSPS) is 22.1. The fourth-order valence-corrected chi connectivity index (χ4v) is 2.95. The monoisotopic (exact) mass is 366 g/mol. The molecule has 0 aliphatic carbocycles. The molecule has 2 rings (SSSR count). The molecule has 1 aliphatic rings. The summed E-state index contributed by atoms with van der Waals surface area (Å²) in [7, 11) is 1.62. The topological polar surface area (TPSA) is 74.0 Å². The molecule has 0 aromatic carbocycles. The van der Waals surface area contributed by atoms with Gasteiger partial charge in [-0.1, -0.05) is 13.0 Å². The summed E-state index contributed by atoms with van der Waals surface area (Å²) >= 11 is 0. The molecule has 0 radical (unpaired) electrons. The molecule has 3 atom stereocenters. The molecule has 1 fully saturated rings. The number of methoxy groups -OCH3 is 1. The van der Waals surface area contributed by atoms with Gasteiger partial charge in [-0.25, -0.2) is 9.78 Å². The molecular weight excluding hydrogens is 336 g/mol. The fourth-order valence-electron chi connectivity index (χ4n) is 2.95. The summed E-state index contributed by atoms with van der Waals surface area (Å²) in [4.78, 5) is 18.8. The van der Waals surface area contributed by atoms with Crippen LogP contribution >= 0.6 is 0 Å². The molecule has 0 saturated carbocycles. The van der Waals surface area contributed by atoms with Crippen LogP contribution in [0.5, 0.6) is 0 Å². The highest BCUT2D eigenvalue weighted by molar-refractivity contribution is 5.69. The highest BCUT2D eigenvalue weighted by atomic mass is 16.6. The van der Waals surface area contributed by atoms with Crippen molar-refractivity contribution in [2.24, 2.45) is 5.92 Å². The van der Waals surface area contributed by atoms with Crippen LogP contribution in [0.2, 0.25) is 0 Å². The Kier molecular flexibility index (Phi) is 5.82. The maximum absolute atomic E-state index is 12.7. The van der Waals surface area contributed by atoms with Crippen LogP contribution in [0.4, 0.5) is 4.79 Å². The number of oxazole rings is 1. The van der Waals surface area contributed by atoms with Crippen LogP contribution < -0.4 is 0 Å². The summed E-state index contributed by atoms with van der Waals surface area (Å²) in [5.74, 6) is 0.464. The Morgan fingerprint density at radius 3 is 2.69 bits per heavy atom. The Balaban J connectivity index is 2.29. The molecule has 0 bridgehead atoms. The van der Waals surface area contributed by atoms with E-state index in [2.05, 4.69) is 11.6 Å². The second kappa shape index (κ2) is 7.40. The fraction of sp³-hybridized carbons (Fsp3) is 0.684. The van der Waals surface area contributed by atoms with Crippen LogP contribution in [-0.2, 0) is 14.2 Å². The Hall–Kier alpha value is -1.86. The Bertz CT molecular complexity index is 647. The zero-order valence-corrected chi connectivity index (χ0v) is 16.7. The first-order valence-corrected chi connectivity index (χ1v) is 8.77. The van der Waals surface area contributed by atoms with Crippen LogP contribution in [0.3, 0.4) is 0 Å². The van der Waals surface area contributed by atoms with Crippen LogP contribution in [0, 0.1) is 5.92 Å². The average molecular weight is 366 g/mol. The van der Waals surface area contributed by atoms with E-state index in [1.807, 2.05) is 41.5 Å². The van der Waals surface area contributed by atoms with E-state index in [9.17, 15) is 4.79 Å². The molecule has 0 N–H and O–H groups in total. The third-order valence-corrected chi connectivity index (χ3v) is 4.30. The third-order valence-electron chi connectivity index (χ3n) is 4.30. The van der Waals surface area contributed by atoms with Crippen molar-refractivity contribution in [1.29, 1.82) is 0 Å². The number of hydrogen-bond acceptors (Lipinski definition) is 6. The van der Waals surface area contributed by atoms with Crippen LogP contribution in [0.15, 0.2) is 23.3 Å². The number of carbonyl (C=O) groups excluding carboxylic acids is 1. The van der Waals surface area contributed by atoms with Gasteiger partial charge >= 0.3 is 6.09 Å². The molecule has 1 aromatic heterocycles. The maximum Gasteiger partial charge on any atom is 0.413 e. The molecule has 0 spiro atoms. The number of nitrogens with zero attached hydrogens (tertiary/aromatic N) is 2. The average Bonchev–Trinajstić information content (AvgIpc) is 3.10. The van der Waals surface area contributed by atoms with E-state index in [0.717, 1.165) is 0 Å². The van der Waals surface area contributed by atoms with Gasteiger partial charge in [0.05, 0.1) is 6.61 Å². The first-order valence-electron chi connectivity index (χ1n) is 8.77. The van der Waals surface area contributed by atoms with E-state index in [1.54, 1.807) is 19.4 Å². The standard InChI is InChI=1S/C19H30N2O5/c1-9-12(2)15(23-8)13-10-24-16(20-13)14-11-25-19(6,7)21(14)17(22)26-18(3,4)5/h9-10,12,14-15H,1,11H2,2-8H3/t12-,14-,15-/m0/s1. The first kappa shape index (κ1) is 20.5. The third kappa shape index (κ3) is 4.27. The van der Waals surface area contributed by atoms with Gasteiger partial charge in [-0.15, -0.1) is 6.58 Å². The highest BCUT2D eigenvalue weighted by Gasteiger charge is 2.48. The quantitative estimate of drug-likeness (QED) is 0.726. The SMILES string of the molecule is C=C[C@H](C)[C@H](OC)c1coc([C@@H]2COC(C)(C)N2C(=O)OC(C)(C)C)n1. The molecule has 146 valence electrons. The molecule has 2 heterocycles. The molecule has 1 amide bonds. The number of hydrogen-bond donors (Lipinski definition) is 0. The van der Waals surface area contributed by atoms with Gasteiger partial charge in [-0.2, -0.15) is 0 Å². The lowest BCUT2D eigenvalue weighted by Crippen LogP contribution is -2.47. The van der Waals surface area contributed by atoms with Gasteiger partial charge in [-0.05, 0) is 34.6 Å². The summed E-state index contributed by atoms with van der Waals surface area (Å²) in [6, 6.07) is -0.467. The van der Waals surface area contributed by atoms with Crippen molar-refractivity contribution in [2.75, 3.05) is 13.7 Å². The van der Waals surface area contributed by atoms with Gasteiger partial charge in [0.1, 0.15) is 35.4 Å². The lowest BCUT2D eigenvalue weighted by molar-refractivity contribution is -0.0634. The van der Waals surface area contributed by atoms with E-state index < -0.39 is 23.5 Å². The Morgan fingerprint density at radius 2 is 2.15 bits per heavy atom. The summed E-state index contributed by atoms with van der Waals surface area (Å²) < 4.78 is 22.5. The second-order valence-corrected chi connectivity index (χ2v) is 7.99. The van der Waals surface area contributed by atoms with Crippen LogP contribution in [-0.4, -0.2) is 41.0 Å². The highest BCUT2D eigenvalue weighted by Crippen LogP contribution is 2.38. The van der Waals surface area contributed by atoms with Crippen molar-refractivity contribution in [3.63, 3.8) is 0 Å². The molecule has 26 heavy (non-hydrogen) atoms. The maximum atomic E-state index is 12.7. The Labute approximate surface area is 155 Å². The van der Waals surface area contributed by atoms with Crippen molar-refractivity contribution < 1.29 is 23.4 Å². The van der Waals surface area contributed by atoms with E-state index in [-0.39, 0.29) is 18.6 Å². The molecule has 1 saturated heterocycles. The van der Waals surface area contributed by atoms with E-state index in [4.69, 9.17) is 18.6 Å². The smallest absolute Gasteiger partial charge is 0.413 e. The molecular formula is C19H30N2O5. The van der Waals surface area contributed by atoms with Crippen molar-refractivity contribution in [2.45, 2.75) is 65.0 Å². The minimum absolute atomic E-state index is 0.0659. The van der Waals surface area contributed by atoms with Gasteiger partial charge in [0.2, 0.25) is 5.89 Å². The minimum atomic E-state index is -0.823. The number of ether oxygens (including phenoxy) is 3. The zero-order chi connectivity index (χ0) is 19.7. The van der Waals surface area contributed by atoms with Crippen molar-refractivity contribution in [3.8, 4) is 0 Å². The number of aromatic nitrogens is 1. The zero-order valence-electron chi connectivity index (χ0n) is 16.7. The molecule has 0 unspecified atom stereocenters. The van der Waals surface area contributed by atoms with Gasteiger partial charge in [0.15, 0.2) is 0 Å². The number of carbonyl (C=O) groups is 1. The van der Waals surface area contributed by atoms with Crippen molar-refractivity contribution >= 4 is 6.09 Å². The lowest BCUT2D eigenvalue weighted by atomic mass is 10.0. The van der Waals surface area contributed by atoms with Gasteiger partial charge in [0, 0.05) is 13.0 Å². The van der Waals surface area contributed by atoms with Gasteiger partial charge in [0.25, 0.3) is 0 Å². The first-order chi connectivity index (χ1) is 12.0. The predicted molar refractivity (Wildman–Crippen MR) is 96.5 cm³/mol. The van der Waals surface area contributed by atoms with Crippen LogP contribution in [0.25, 0.3) is 0 Å². The van der Waals surface area contributed by atoms with E-state index in [1.165, 1.54) is 4.90 Å². The number of rotatable bonds is 5. The van der Waals surface area contributed by atoms with E-state index >= 15 is 0 Å². The summed E-state index contributed by atoms with van der Waals surface area (Å²) in [6.07, 6.45) is 2.63. The van der Waals surface area contributed by atoms with Gasteiger partial charge in [-0.3, -0.25) is 4.90 Å². The molecule has 7 nitrogen and oxygen atoms in total. The van der Waals surface area contributed by atoms with Crippen molar-refractivity contribution in [1.82, 2.24) is 9.88 Å². The Morgan fingerprint density at radius 1 is 1.50 bits per heavy atom. The lowest BCUT2D eigenvalue weighted by Gasteiger charge is -2.34. The largest absolute Gasteiger partial charge is 0.446 e. The molecule has 1 aliphatic heterocycles. The summed E-state index contributed by atoms with van der Waals surface area (Å²) in [5, 5.41) is 0. The predicted octanol–water partition coefficient (Wildman–Crippen LogP) is 4.23. The van der Waals surface area contributed by atoms with Crippen molar-refractivity contribution in [3.05, 3.63) is 30.5 Å². The molecule has 7 heteroatoms. The van der Waals surface area contributed by atoms with Crippen LogP contribution in [0.1, 0.15) is 65.3 Å². The van der Waals surface area contributed by atoms with Gasteiger partial charge < -0.3 is 18.6 Å². The summed E-state index contributed by atoms with van der Waals surface area (Å²) in [6.45, 7) is 15.2. The summed E-state index contributed by atoms with van der Waals surface area (Å²) in [5.41, 5.74) is -0.775. The second-order valence-electron chi connectivity index (χ2n) is 7.99. The molecule has 1 aromatic rings. The minimum Gasteiger partial charge on any atom is -0.446 e. The number of amides is 1. The van der Waals surface area contributed by atoms with E-state index in [0.29, 0.717) is 11.6 Å².